The molecule has 0 saturated heterocycles. The lowest BCUT2D eigenvalue weighted by Crippen LogP contribution is -2.24. The van der Waals surface area contributed by atoms with Crippen molar-refractivity contribution >= 4 is 11.6 Å². The Morgan fingerprint density at radius 2 is 1.78 bits per heavy atom. The van der Waals surface area contributed by atoms with Crippen LogP contribution in [0.2, 0.25) is 0 Å². The number of amides is 1. The average Bonchev–Trinajstić information content (AvgIpc) is 2.92. The quantitative estimate of drug-likeness (QED) is 0.778. The van der Waals surface area contributed by atoms with Crippen molar-refractivity contribution in [3.8, 4) is 0 Å². The first-order chi connectivity index (χ1) is 11.1. The Bertz CT molecular complexity index is 884. The number of nitrogens with one attached hydrogen (secondary N) is 2. The number of rotatable bonds is 4. The minimum atomic E-state index is -0.551. The van der Waals surface area contributed by atoms with E-state index in [4.69, 9.17) is 0 Å². The summed E-state index contributed by atoms with van der Waals surface area (Å²) >= 11 is 0. The highest BCUT2D eigenvalue weighted by atomic mass is 19.1. The van der Waals surface area contributed by atoms with Crippen LogP contribution >= 0.6 is 0 Å². The van der Waals surface area contributed by atoms with Gasteiger partial charge in [0.1, 0.15) is 11.5 Å². The van der Waals surface area contributed by atoms with Gasteiger partial charge in [-0.25, -0.2) is 9.18 Å². The summed E-state index contributed by atoms with van der Waals surface area (Å²) in [5.41, 5.74) is 0.696. The fourth-order valence-electron chi connectivity index (χ4n) is 2.26. The van der Waals surface area contributed by atoms with Crippen LogP contribution in [0.25, 0.3) is 0 Å². The Hall–Kier alpha value is -3.15. The minimum absolute atomic E-state index is 0.0670. The molecule has 0 unspecified atom stereocenters. The molecule has 0 fully saturated rings. The molecule has 0 aliphatic rings. The van der Waals surface area contributed by atoms with Gasteiger partial charge in [0.05, 0.1) is 12.2 Å². The number of anilines is 1. The molecule has 0 saturated carbocycles. The number of carbonyl (C=O) groups excluding carboxylic acids is 1. The van der Waals surface area contributed by atoms with E-state index in [0.717, 1.165) is 5.56 Å². The predicted octanol–water partition coefficient (Wildman–Crippen LogP) is 2.62. The number of aromatic amines is 1. The highest BCUT2D eigenvalue weighted by Crippen LogP contribution is 2.14. The molecule has 1 amide bonds. The van der Waals surface area contributed by atoms with E-state index in [-0.39, 0.29) is 17.9 Å². The molecule has 0 atom stereocenters. The minimum Gasteiger partial charge on any atom is -0.318 e. The largest absolute Gasteiger partial charge is 0.326 e. The number of hydrogen-bond donors (Lipinski definition) is 2. The van der Waals surface area contributed by atoms with Crippen LogP contribution in [0.15, 0.2) is 65.6 Å². The summed E-state index contributed by atoms with van der Waals surface area (Å²) in [4.78, 5) is 26.7. The number of para-hydroxylation sites is 1. The van der Waals surface area contributed by atoms with Crippen LogP contribution in [0.1, 0.15) is 16.1 Å². The topological polar surface area (TPSA) is 66.9 Å². The van der Waals surface area contributed by atoms with Crippen molar-refractivity contribution in [2.45, 2.75) is 6.54 Å². The third-order valence-electron chi connectivity index (χ3n) is 3.41. The number of H-pyrrole nitrogens is 1. The van der Waals surface area contributed by atoms with Gasteiger partial charge < -0.3 is 10.3 Å². The number of carbonyl (C=O) groups is 1. The average molecular weight is 311 g/mol. The molecular formula is C17H14FN3O2. The monoisotopic (exact) mass is 311 g/mol. The summed E-state index contributed by atoms with van der Waals surface area (Å²) in [6, 6.07) is 15.2. The molecule has 3 aromatic rings. The van der Waals surface area contributed by atoms with Gasteiger partial charge in [-0.15, -0.1) is 0 Å². The number of halogens is 1. The van der Waals surface area contributed by atoms with Crippen molar-refractivity contribution in [3.05, 3.63) is 88.4 Å². The van der Waals surface area contributed by atoms with Crippen LogP contribution in [0.3, 0.4) is 0 Å². The molecule has 2 aromatic carbocycles. The van der Waals surface area contributed by atoms with Crippen molar-refractivity contribution < 1.29 is 9.18 Å². The molecule has 0 bridgehead atoms. The van der Waals surface area contributed by atoms with Gasteiger partial charge in [-0.1, -0.05) is 42.5 Å². The number of imidazole rings is 1. The van der Waals surface area contributed by atoms with E-state index in [1.807, 2.05) is 30.3 Å². The molecule has 3 rings (SSSR count). The molecule has 1 aromatic heterocycles. The van der Waals surface area contributed by atoms with Crippen molar-refractivity contribution in [3.63, 3.8) is 0 Å². The van der Waals surface area contributed by atoms with Gasteiger partial charge in [0, 0.05) is 6.20 Å². The van der Waals surface area contributed by atoms with Crippen LogP contribution in [0, 0.1) is 5.82 Å². The molecule has 23 heavy (non-hydrogen) atoms. The van der Waals surface area contributed by atoms with Gasteiger partial charge in [-0.3, -0.25) is 9.36 Å². The normalized spacial score (nSPS) is 10.5. The molecule has 6 heteroatoms. The van der Waals surface area contributed by atoms with E-state index in [9.17, 15) is 14.0 Å². The van der Waals surface area contributed by atoms with Gasteiger partial charge in [-0.2, -0.15) is 0 Å². The summed E-state index contributed by atoms with van der Waals surface area (Å²) < 4.78 is 14.9. The lowest BCUT2D eigenvalue weighted by Gasteiger charge is -2.09. The highest BCUT2D eigenvalue weighted by molar-refractivity contribution is 6.03. The summed E-state index contributed by atoms with van der Waals surface area (Å²) in [5, 5.41) is 2.47. The van der Waals surface area contributed by atoms with E-state index in [1.54, 1.807) is 6.07 Å². The molecule has 1 heterocycles. The summed E-state index contributed by atoms with van der Waals surface area (Å²) in [6.45, 7) is 0.253. The first-order valence-corrected chi connectivity index (χ1v) is 7.03. The van der Waals surface area contributed by atoms with Gasteiger partial charge in [0.2, 0.25) is 0 Å². The fourth-order valence-corrected chi connectivity index (χ4v) is 2.26. The second kappa shape index (κ2) is 6.31. The zero-order chi connectivity index (χ0) is 16.2. The molecule has 0 spiro atoms. The SMILES string of the molecule is O=C(Nc1ccccc1F)c1c[nH]c(=O)n1Cc1ccccc1. The maximum atomic E-state index is 13.6. The van der Waals surface area contributed by atoms with Crippen LogP contribution < -0.4 is 11.0 Å². The Kier molecular flexibility index (Phi) is 4.05. The summed E-state index contributed by atoms with van der Waals surface area (Å²) in [6.07, 6.45) is 1.32. The van der Waals surface area contributed by atoms with Gasteiger partial charge in [0.15, 0.2) is 0 Å². The maximum Gasteiger partial charge on any atom is 0.326 e. The van der Waals surface area contributed by atoms with Crippen molar-refractivity contribution in [1.82, 2.24) is 9.55 Å². The second-order valence-corrected chi connectivity index (χ2v) is 4.98. The zero-order valence-electron chi connectivity index (χ0n) is 12.1. The van der Waals surface area contributed by atoms with Crippen LogP contribution in [0.4, 0.5) is 10.1 Å². The Balaban J connectivity index is 1.87. The molecule has 116 valence electrons. The van der Waals surface area contributed by atoms with Gasteiger partial charge in [-0.05, 0) is 17.7 Å². The lowest BCUT2D eigenvalue weighted by atomic mass is 10.2. The Labute approximate surface area is 131 Å². The van der Waals surface area contributed by atoms with Crippen LogP contribution in [0.5, 0.6) is 0 Å². The fraction of sp³-hybridized carbons (Fsp3) is 0.0588. The van der Waals surface area contributed by atoms with E-state index in [1.165, 1.54) is 29.0 Å². The molecule has 0 aliphatic heterocycles. The Morgan fingerprint density at radius 1 is 1.09 bits per heavy atom. The predicted molar refractivity (Wildman–Crippen MR) is 84.9 cm³/mol. The summed E-state index contributed by atoms with van der Waals surface area (Å²) in [5.74, 6) is -1.09. The number of aromatic nitrogens is 2. The molecule has 0 radical (unpaired) electrons. The van der Waals surface area contributed by atoms with Crippen LogP contribution in [-0.4, -0.2) is 15.5 Å². The molecule has 0 aliphatic carbocycles. The molecule has 5 nitrogen and oxygen atoms in total. The third kappa shape index (κ3) is 3.21. The summed E-state index contributed by atoms with van der Waals surface area (Å²) in [7, 11) is 0. The standard InChI is InChI=1S/C17H14FN3O2/c18-13-8-4-5-9-14(13)20-16(22)15-10-19-17(23)21(15)11-12-6-2-1-3-7-12/h1-10H,11H2,(H,19,23)(H,20,22). The number of nitrogens with zero attached hydrogens (tertiary/aromatic N) is 1. The molecule has 2 N–H and O–H groups in total. The van der Waals surface area contributed by atoms with Crippen LogP contribution in [-0.2, 0) is 6.54 Å². The van der Waals surface area contributed by atoms with Gasteiger partial charge >= 0.3 is 5.69 Å². The number of benzene rings is 2. The van der Waals surface area contributed by atoms with E-state index >= 15 is 0 Å². The van der Waals surface area contributed by atoms with Crippen molar-refractivity contribution in [2.75, 3.05) is 5.32 Å². The highest BCUT2D eigenvalue weighted by Gasteiger charge is 2.16. The zero-order valence-corrected chi connectivity index (χ0v) is 12.1. The van der Waals surface area contributed by atoms with E-state index < -0.39 is 17.4 Å². The first-order valence-electron chi connectivity index (χ1n) is 7.03. The molecular weight excluding hydrogens is 297 g/mol. The first kappa shape index (κ1) is 14.8. The van der Waals surface area contributed by atoms with E-state index in [0.29, 0.717) is 0 Å². The third-order valence-corrected chi connectivity index (χ3v) is 3.41. The van der Waals surface area contributed by atoms with Crippen molar-refractivity contribution in [2.24, 2.45) is 0 Å². The van der Waals surface area contributed by atoms with E-state index in [2.05, 4.69) is 10.3 Å². The second-order valence-electron chi connectivity index (χ2n) is 4.98. The smallest absolute Gasteiger partial charge is 0.318 e. The number of hydrogen-bond acceptors (Lipinski definition) is 2. The lowest BCUT2D eigenvalue weighted by molar-refractivity contribution is 0.101. The van der Waals surface area contributed by atoms with Gasteiger partial charge in [0.25, 0.3) is 5.91 Å². The van der Waals surface area contributed by atoms with Crippen molar-refractivity contribution in [1.29, 1.82) is 0 Å². The Morgan fingerprint density at radius 3 is 2.52 bits per heavy atom. The maximum absolute atomic E-state index is 13.6.